The minimum absolute atomic E-state index is 0.662. The minimum Gasteiger partial charge on any atom is -0.385 e. The van der Waals surface area contributed by atoms with E-state index in [0.717, 1.165) is 16.9 Å². The molecule has 2 N–H and O–H groups in total. The molecule has 0 saturated heterocycles. The summed E-state index contributed by atoms with van der Waals surface area (Å²) in [6.45, 7) is 0. The molecule has 84 valence electrons. The minimum atomic E-state index is 0.662. The Labute approximate surface area is 103 Å². The number of pyridine rings is 1. The van der Waals surface area contributed by atoms with Gasteiger partial charge in [-0.2, -0.15) is 0 Å². The Morgan fingerprint density at radius 3 is 2.76 bits per heavy atom. The number of nitrogens with two attached hydrogens (primary N) is 1. The Morgan fingerprint density at radius 2 is 1.94 bits per heavy atom. The molecule has 0 bridgehead atoms. The van der Waals surface area contributed by atoms with Crippen LogP contribution in [-0.2, 0) is 0 Å². The molecule has 2 heterocycles. The van der Waals surface area contributed by atoms with Crippen molar-refractivity contribution >= 4 is 22.9 Å². The van der Waals surface area contributed by atoms with Gasteiger partial charge in [-0.25, -0.2) is 4.98 Å². The van der Waals surface area contributed by atoms with Gasteiger partial charge in [0, 0.05) is 10.6 Å². The number of nitrogen functional groups attached to an aromatic ring is 1. The molecule has 4 heteroatoms. The fraction of sp³-hybridized carbons (Fsp3) is 0. The number of anilines is 1. The van der Waals surface area contributed by atoms with Gasteiger partial charge in [-0.15, -0.1) is 0 Å². The molecule has 0 unspecified atom stereocenters. The molecule has 0 saturated carbocycles. The van der Waals surface area contributed by atoms with Crippen LogP contribution in [0.5, 0.6) is 0 Å². The summed E-state index contributed by atoms with van der Waals surface area (Å²) >= 11 is 5.98. The second kappa shape index (κ2) is 3.79. The molecule has 0 aliphatic heterocycles. The SMILES string of the molecule is Nc1cccc2cnc(-c3cccc(Cl)c3)n12. The van der Waals surface area contributed by atoms with E-state index in [9.17, 15) is 0 Å². The summed E-state index contributed by atoms with van der Waals surface area (Å²) < 4.78 is 1.91. The number of hydrogen-bond donors (Lipinski definition) is 1. The van der Waals surface area contributed by atoms with Crippen LogP contribution in [0.3, 0.4) is 0 Å². The largest absolute Gasteiger partial charge is 0.385 e. The lowest BCUT2D eigenvalue weighted by atomic mass is 10.2. The Kier molecular flexibility index (Phi) is 2.27. The molecule has 0 aliphatic rings. The van der Waals surface area contributed by atoms with Gasteiger partial charge >= 0.3 is 0 Å². The number of fused-ring (bicyclic) bond motifs is 1. The topological polar surface area (TPSA) is 43.3 Å². The Balaban J connectivity index is 2.31. The summed E-state index contributed by atoms with van der Waals surface area (Å²) in [4.78, 5) is 4.39. The highest BCUT2D eigenvalue weighted by molar-refractivity contribution is 6.30. The van der Waals surface area contributed by atoms with Crippen molar-refractivity contribution in [2.75, 3.05) is 5.73 Å². The first-order chi connectivity index (χ1) is 8.25. The van der Waals surface area contributed by atoms with Crippen molar-refractivity contribution in [2.24, 2.45) is 0 Å². The molecule has 17 heavy (non-hydrogen) atoms. The average molecular weight is 244 g/mol. The maximum Gasteiger partial charge on any atom is 0.146 e. The Bertz CT molecular complexity index is 688. The molecule has 0 fully saturated rings. The maximum atomic E-state index is 5.98. The summed E-state index contributed by atoms with van der Waals surface area (Å²) in [6.07, 6.45) is 1.80. The lowest BCUT2D eigenvalue weighted by Gasteiger charge is -2.04. The predicted molar refractivity (Wildman–Crippen MR) is 70.1 cm³/mol. The number of aromatic nitrogens is 2. The van der Waals surface area contributed by atoms with E-state index >= 15 is 0 Å². The van der Waals surface area contributed by atoms with Crippen molar-refractivity contribution in [1.82, 2.24) is 9.38 Å². The Hall–Kier alpha value is -2.00. The third-order valence-electron chi connectivity index (χ3n) is 2.66. The lowest BCUT2D eigenvalue weighted by Crippen LogP contribution is -1.97. The van der Waals surface area contributed by atoms with Crippen LogP contribution < -0.4 is 5.73 Å². The van der Waals surface area contributed by atoms with Crippen LogP contribution in [0.2, 0.25) is 5.02 Å². The second-order valence-corrected chi connectivity index (χ2v) is 4.24. The van der Waals surface area contributed by atoms with Gasteiger partial charge in [0.25, 0.3) is 0 Å². The number of imidazole rings is 1. The zero-order valence-corrected chi connectivity index (χ0v) is 9.72. The number of halogens is 1. The molecular weight excluding hydrogens is 234 g/mol. The summed E-state index contributed by atoms with van der Waals surface area (Å²) in [5.74, 6) is 1.47. The van der Waals surface area contributed by atoms with Crippen LogP contribution in [0.1, 0.15) is 0 Å². The highest BCUT2D eigenvalue weighted by Crippen LogP contribution is 2.24. The molecule has 3 nitrogen and oxygen atoms in total. The predicted octanol–water partition coefficient (Wildman–Crippen LogP) is 3.24. The van der Waals surface area contributed by atoms with E-state index in [-0.39, 0.29) is 0 Å². The monoisotopic (exact) mass is 243 g/mol. The van der Waals surface area contributed by atoms with Crippen molar-refractivity contribution in [3.8, 4) is 11.4 Å². The van der Waals surface area contributed by atoms with Gasteiger partial charge < -0.3 is 5.73 Å². The molecule has 0 amide bonds. The molecule has 2 aromatic heterocycles. The van der Waals surface area contributed by atoms with E-state index < -0.39 is 0 Å². The van der Waals surface area contributed by atoms with E-state index in [1.807, 2.05) is 46.9 Å². The van der Waals surface area contributed by atoms with Gasteiger partial charge in [-0.1, -0.05) is 29.8 Å². The first-order valence-electron chi connectivity index (χ1n) is 5.23. The Morgan fingerprint density at radius 1 is 1.12 bits per heavy atom. The standard InChI is InChI=1S/C13H10ClN3/c14-10-4-1-3-9(7-10)13-16-8-11-5-2-6-12(15)17(11)13/h1-8H,15H2. The van der Waals surface area contributed by atoms with Crippen molar-refractivity contribution in [1.29, 1.82) is 0 Å². The fourth-order valence-corrected chi connectivity index (χ4v) is 2.10. The highest BCUT2D eigenvalue weighted by atomic mass is 35.5. The molecule has 0 aliphatic carbocycles. The number of rotatable bonds is 1. The van der Waals surface area contributed by atoms with Crippen LogP contribution >= 0.6 is 11.6 Å². The van der Waals surface area contributed by atoms with Crippen LogP contribution in [0.15, 0.2) is 48.7 Å². The van der Waals surface area contributed by atoms with Gasteiger partial charge in [-0.3, -0.25) is 4.40 Å². The van der Waals surface area contributed by atoms with Gasteiger partial charge in [0.1, 0.15) is 11.6 Å². The van der Waals surface area contributed by atoms with E-state index in [4.69, 9.17) is 17.3 Å². The number of hydrogen-bond acceptors (Lipinski definition) is 2. The zero-order chi connectivity index (χ0) is 11.8. The van der Waals surface area contributed by atoms with E-state index in [0.29, 0.717) is 10.8 Å². The summed E-state index contributed by atoms with van der Waals surface area (Å²) in [6, 6.07) is 13.3. The zero-order valence-electron chi connectivity index (χ0n) is 8.97. The first-order valence-corrected chi connectivity index (χ1v) is 5.61. The highest BCUT2D eigenvalue weighted by Gasteiger charge is 2.08. The van der Waals surface area contributed by atoms with Crippen LogP contribution in [0.25, 0.3) is 16.9 Å². The van der Waals surface area contributed by atoms with Gasteiger partial charge in [0.15, 0.2) is 0 Å². The van der Waals surface area contributed by atoms with E-state index in [1.54, 1.807) is 6.20 Å². The second-order valence-electron chi connectivity index (χ2n) is 3.80. The van der Waals surface area contributed by atoms with Crippen molar-refractivity contribution in [3.05, 3.63) is 53.7 Å². The quantitative estimate of drug-likeness (QED) is 0.713. The molecule has 0 spiro atoms. The summed E-state index contributed by atoms with van der Waals surface area (Å²) in [7, 11) is 0. The van der Waals surface area contributed by atoms with Gasteiger partial charge in [-0.05, 0) is 24.3 Å². The molecule has 3 rings (SSSR count). The molecule has 0 radical (unpaired) electrons. The summed E-state index contributed by atoms with van der Waals surface area (Å²) in [5.41, 5.74) is 7.89. The van der Waals surface area contributed by atoms with Crippen LogP contribution in [0.4, 0.5) is 5.82 Å². The van der Waals surface area contributed by atoms with Crippen LogP contribution in [0, 0.1) is 0 Å². The fourth-order valence-electron chi connectivity index (χ4n) is 1.90. The maximum absolute atomic E-state index is 5.98. The third kappa shape index (κ3) is 1.65. The average Bonchev–Trinajstić information content (AvgIpc) is 2.74. The van der Waals surface area contributed by atoms with Gasteiger partial charge in [0.2, 0.25) is 0 Å². The van der Waals surface area contributed by atoms with Gasteiger partial charge in [0.05, 0.1) is 11.7 Å². The molecule has 0 atom stereocenters. The van der Waals surface area contributed by atoms with Crippen molar-refractivity contribution in [2.45, 2.75) is 0 Å². The van der Waals surface area contributed by atoms with Crippen molar-refractivity contribution < 1.29 is 0 Å². The molecular formula is C13H10ClN3. The van der Waals surface area contributed by atoms with Crippen molar-refractivity contribution in [3.63, 3.8) is 0 Å². The first kappa shape index (κ1) is 10.2. The normalized spacial score (nSPS) is 10.9. The molecule has 3 aromatic rings. The van der Waals surface area contributed by atoms with E-state index in [2.05, 4.69) is 4.98 Å². The van der Waals surface area contributed by atoms with Crippen LogP contribution in [-0.4, -0.2) is 9.38 Å². The molecule has 1 aromatic carbocycles. The smallest absolute Gasteiger partial charge is 0.146 e. The van der Waals surface area contributed by atoms with E-state index in [1.165, 1.54) is 0 Å². The third-order valence-corrected chi connectivity index (χ3v) is 2.90. The summed E-state index contributed by atoms with van der Waals surface area (Å²) in [5, 5.41) is 0.689. The lowest BCUT2D eigenvalue weighted by molar-refractivity contribution is 1.17. The number of benzene rings is 1. The number of nitrogens with zero attached hydrogens (tertiary/aromatic N) is 2.